The van der Waals surface area contributed by atoms with E-state index in [0.29, 0.717) is 60.0 Å². The standard InChI is InChI=1S/C40H51N3O/c1-40(2)28-16-6-5-14-27(28)36-29(40)17-10-20-32(36)41-30-18-7-8-19-31(30)42-33-21-9-15-25-24-12-3-4-13-26(24)39(44)43(37(25)33)35-23-11-22-34(41)38(35)42/h5-6,10,14,16-17,20,24-26,30-31,33-35,37-38H,3-4,7-9,11-13,15,18-19,21-23H2,1-2H3. The number of piperidine rings is 1. The maximum atomic E-state index is 14.7. The SMILES string of the molecule is CC1(C)c2ccccc2-c2c(N3C4CCCCC4N4C5CCCC6C7CCCCC7C(=O)N(C7CCCC3C74)C65)cccc21. The fraction of sp³-hybridized carbons (Fsp3) is 0.675. The average molecular weight is 590 g/mol. The van der Waals surface area contributed by atoms with E-state index in [4.69, 9.17) is 0 Å². The van der Waals surface area contributed by atoms with Crippen molar-refractivity contribution >= 4 is 11.6 Å². The summed E-state index contributed by atoms with van der Waals surface area (Å²) in [4.78, 5) is 23.5. The molecular weight excluding hydrogens is 538 g/mol. The highest BCUT2D eigenvalue weighted by Crippen LogP contribution is 2.58. The Labute approximate surface area is 264 Å². The highest BCUT2D eigenvalue weighted by molar-refractivity contribution is 5.90. The summed E-state index contributed by atoms with van der Waals surface area (Å²) in [7, 11) is 0. The largest absolute Gasteiger partial charge is 0.362 e. The molecule has 8 aliphatic rings. The molecule has 3 saturated heterocycles. The first-order valence-electron chi connectivity index (χ1n) is 18.7. The van der Waals surface area contributed by atoms with Crippen molar-refractivity contribution in [2.75, 3.05) is 4.90 Å². The van der Waals surface area contributed by atoms with Gasteiger partial charge in [-0.3, -0.25) is 9.69 Å². The minimum atomic E-state index is 0.0246. The lowest BCUT2D eigenvalue weighted by Gasteiger charge is -2.72. The first kappa shape index (κ1) is 26.8. The molecular formula is C40H51N3O. The van der Waals surface area contributed by atoms with Crippen LogP contribution in [0.25, 0.3) is 11.1 Å². The molecule has 4 heteroatoms. The van der Waals surface area contributed by atoms with Crippen LogP contribution in [0.1, 0.15) is 115 Å². The van der Waals surface area contributed by atoms with Crippen LogP contribution in [0.5, 0.6) is 0 Å². The molecule has 0 N–H and O–H groups in total. The number of carbonyl (C=O) groups is 1. The molecule has 3 aliphatic heterocycles. The summed E-state index contributed by atoms with van der Waals surface area (Å²) < 4.78 is 0. The Morgan fingerprint density at radius 2 is 1.25 bits per heavy atom. The van der Waals surface area contributed by atoms with Crippen molar-refractivity contribution in [2.24, 2.45) is 17.8 Å². The van der Waals surface area contributed by atoms with Crippen LogP contribution in [-0.2, 0) is 10.2 Å². The quantitative estimate of drug-likeness (QED) is 0.338. The molecule has 4 saturated carbocycles. The molecule has 10 atom stereocenters. The van der Waals surface area contributed by atoms with Crippen molar-refractivity contribution < 1.29 is 4.79 Å². The molecule has 44 heavy (non-hydrogen) atoms. The van der Waals surface area contributed by atoms with E-state index in [0.717, 1.165) is 12.3 Å². The normalized spacial score (nSPS) is 41.5. The van der Waals surface area contributed by atoms with Crippen molar-refractivity contribution in [3.63, 3.8) is 0 Å². The number of benzene rings is 2. The molecule has 4 nitrogen and oxygen atoms in total. The third-order valence-electron chi connectivity index (χ3n) is 14.7. The zero-order valence-electron chi connectivity index (χ0n) is 27.0. The van der Waals surface area contributed by atoms with Gasteiger partial charge in [0.25, 0.3) is 0 Å². The lowest BCUT2D eigenvalue weighted by molar-refractivity contribution is -0.199. The van der Waals surface area contributed by atoms with Gasteiger partial charge in [-0.25, -0.2) is 0 Å². The zero-order valence-corrected chi connectivity index (χ0v) is 27.0. The minimum Gasteiger partial charge on any atom is -0.362 e. The van der Waals surface area contributed by atoms with Crippen LogP contribution in [0, 0.1) is 17.8 Å². The summed E-state index contributed by atoms with van der Waals surface area (Å²) >= 11 is 0. The monoisotopic (exact) mass is 589 g/mol. The summed E-state index contributed by atoms with van der Waals surface area (Å²) in [6, 6.07) is 20.2. The lowest BCUT2D eigenvalue weighted by Crippen LogP contribution is -2.84. The van der Waals surface area contributed by atoms with Crippen molar-refractivity contribution in [3.8, 4) is 11.1 Å². The molecule has 10 unspecified atom stereocenters. The van der Waals surface area contributed by atoms with Crippen molar-refractivity contribution in [2.45, 2.75) is 151 Å². The Morgan fingerprint density at radius 1 is 0.591 bits per heavy atom. The second-order valence-corrected chi connectivity index (χ2v) is 16.7. The van der Waals surface area contributed by atoms with Gasteiger partial charge in [-0.05, 0) is 92.4 Å². The molecule has 5 aliphatic carbocycles. The Bertz CT molecular complexity index is 1500. The Hall–Kier alpha value is -2.33. The number of hydrogen-bond acceptors (Lipinski definition) is 3. The number of hydrogen-bond donors (Lipinski definition) is 0. The van der Waals surface area contributed by atoms with Crippen LogP contribution in [0.15, 0.2) is 42.5 Å². The molecule has 10 rings (SSSR count). The van der Waals surface area contributed by atoms with Crippen molar-refractivity contribution in [1.29, 1.82) is 0 Å². The molecule has 0 bridgehead atoms. The summed E-state index contributed by atoms with van der Waals surface area (Å²) in [6.07, 6.45) is 18.2. The van der Waals surface area contributed by atoms with Gasteiger partial charge in [0, 0.05) is 52.8 Å². The second-order valence-electron chi connectivity index (χ2n) is 16.7. The summed E-state index contributed by atoms with van der Waals surface area (Å²) in [5.74, 6) is 2.31. The van der Waals surface area contributed by atoms with E-state index in [9.17, 15) is 4.79 Å². The van der Waals surface area contributed by atoms with Crippen molar-refractivity contribution in [3.05, 3.63) is 53.6 Å². The number of nitrogens with zero attached hydrogens (tertiary/aromatic N) is 3. The number of piperazine rings is 2. The molecule has 2 aromatic carbocycles. The zero-order chi connectivity index (χ0) is 29.3. The van der Waals surface area contributed by atoms with E-state index >= 15 is 0 Å². The minimum absolute atomic E-state index is 0.0246. The first-order chi connectivity index (χ1) is 21.6. The number of fused-ring (bicyclic) bond motifs is 9. The summed E-state index contributed by atoms with van der Waals surface area (Å²) in [6.45, 7) is 4.86. The topological polar surface area (TPSA) is 26.8 Å². The lowest BCUT2D eigenvalue weighted by atomic mass is 9.58. The second kappa shape index (κ2) is 9.60. The van der Waals surface area contributed by atoms with E-state index in [1.165, 1.54) is 111 Å². The van der Waals surface area contributed by atoms with Crippen LogP contribution in [0.3, 0.4) is 0 Å². The summed E-state index contributed by atoms with van der Waals surface area (Å²) in [5.41, 5.74) is 7.49. The third kappa shape index (κ3) is 3.37. The average Bonchev–Trinajstić information content (AvgIpc) is 3.30. The molecule has 1 amide bonds. The first-order valence-corrected chi connectivity index (χ1v) is 18.7. The Balaban J connectivity index is 1.14. The van der Waals surface area contributed by atoms with E-state index in [1.807, 2.05) is 0 Å². The van der Waals surface area contributed by atoms with Gasteiger partial charge < -0.3 is 9.80 Å². The fourth-order valence-corrected chi connectivity index (χ4v) is 13.2. The Kier molecular flexibility index (Phi) is 5.85. The van der Waals surface area contributed by atoms with Crippen LogP contribution in [0.4, 0.5) is 5.69 Å². The molecule has 232 valence electrons. The van der Waals surface area contributed by atoms with E-state index < -0.39 is 0 Å². The molecule has 3 heterocycles. The van der Waals surface area contributed by atoms with Gasteiger partial charge in [0.05, 0.1) is 12.1 Å². The van der Waals surface area contributed by atoms with Gasteiger partial charge in [0.15, 0.2) is 0 Å². The van der Waals surface area contributed by atoms with Gasteiger partial charge in [0.2, 0.25) is 5.91 Å². The van der Waals surface area contributed by atoms with Gasteiger partial charge >= 0.3 is 0 Å². The molecule has 7 fully saturated rings. The summed E-state index contributed by atoms with van der Waals surface area (Å²) in [5, 5.41) is 0. The molecule has 2 aromatic rings. The maximum absolute atomic E-state index is 14.7. The molecule has 0 aromatic heterocycles. The highest BCUT2D eigenvalue weighted by Gasteiger charge is 2.65. The van der Waals surface area contributed by atoms with E-state index in [-0.39, 0.29) is 5.41 Å². The number of amides is 1. The van der Waals surface area contributed by atoms with Crippen LogP contribution in [-0.4, -0.2) is 58.0 Å². The van der Waals surface area contributed by atoms with Crippen molar-refractivity contribution in [1.82, 2.24) is 9.80 Å². The fourth-order valence-electron chi connectivity index (χ4n) is 13.2. The number of anilines is 1. The smallest absolute Gasteiger partial charge is 0.226 e. The van der Waals surface area contributed by atoms with Gasteiger partial charge in [-0.2, -0.15) is 0 Å². The predicted molar refractivity (Wildman–Crippen MR) is 177 cm³/mol. The van der Waals surface area contributed by atoms with Gasteiger partial charge in [0.1, 0.15) is 0 Å². The van der Waals surface area contributed by atoms with Gasteiger partial charge in [-0.1, -0.05) is 82.3 Å². The highest BCUT2D eigenvalue weighted by atomic mass is 16.2. The number of carbonyl (C=O) groups excluding carboxylic acids is 1. The molecule has 0 radical (unpaired) electrons. The number of rotatable bonds is 1. The third-order valence-corrected chi connectivity index (χ3v) is 14.7. The van der Waals surface area contributed by atoms with Gasteiger partial charge in [-0.15, -0.1) is 0 Å². The predicted octanol–water partition coefficient (Wildman–Crippen LogP) is 7.92. The van der Waals surface area contributed by atoms with Crippen LogP contribution >= 0.6 is 0 Å². The van der Waals surface area contributed by atoms with E-state index in [2.05, 4.69) is 71.0 Å². The van der Waals surface area contributed by atoms with E-state index in [1.54, 1.807) is 0 Å². The van der Waals surface area contributed by atoms with Crippen LogP contribution < -0.4 is 4.90 Å². The molecule has 0 spiro atoms. The maximum Gasteiger partial charge on any atom is 0.226 e. The van der Waals surface area contributed by atoms with Crippen LogP contribution in [0.2, 0.25) is 0 Å². The Morgan fingerprint density at radius 3 is 2.14 bits per heavy atom.